The molecule has 0 bridgehead atoms. The summed E-state index contributed by atoms with van der Waals surface area (Å²) >= 11 is 5.20. The number of nitrogens with one attached hydrogen (secondary N) is 1. The molecule has 64 valence electrons. The van der Waals surface area contributed by atoms with E-state index in [0.717, 1.165) is 12.5 Å². The number of carbonyl (C=O) groups is 3. The van der Waals surface area contributed by atoms with E-state index < -0.39 is 17.8 Å². The van der Waals surface area contributed by atoms with E-state index in [1.165, 1.54) is 0 Å². The molecule has 0 aliphatic carbocycles. The van der Waals surface area contributed by atoms with Gasteiger partial charge in [-0.05, 0) is 0 Å². The van der Waals surface area contributed by atoms with Crippen LogP contribution in [0.3, 0.4) is 0 Å². The van der Waals surface area contributed by atoms with E-state index in [0.29, 0.717) is 4.90 Å². The highest BCUT2D eigenvalue weighted by atomic mass is 35.5. The van der Waals surface area contributed by atoms with Crippen molar-refractivity contribution in [2.75, 3.05) is 0 Å². The normalized spacial score (nSPS) is 20.2. The first-order valence-electron chi connectivity index (χ1n) is 3.04. The van der Waals surface area contributed by atoms with Crippen LogP contribution in [-0.4, -0.2) is 22.7 Å². The summed E-state index contributed by atoms with van der Waals surface area (Å²) in [7, 11) is 0. The topological polar surface area (TPSA) is 66.5 Å². The molecule has 0 aromatic carbocycles. The zero-order valence-corrected chi connectivity index (χ0v) is 6.88. The lowest BCUT2D eigenvalue weighted by atomic mass is 10.4. The number of amides is 4. The van der Waals surface area contributed by atoms with Gasteiger partial charge in [0.2, 0.25) is 5.91 Å². The molecule has 6 heteroatoms. The van der Waals surface area contributed by atoms with Gasteiger partial charge in [0.15, 0.2) is 0 Å². The van der Waals surface area contributed by atoms with Crippen molar-refractivity contribution in [1.29, 1.82) is 0 Å². The minimum Gasteiger partial charge on any atom is -0.301 e. The third kappa shape index (κ3) is 1.18. The maximum Gasteiger partial charge on any atom is 0.335 e. The lowest BCUT2D eigenvalue weighted by Crippen LogP contribution is -2.34. The standard InChI is InChI=1S/C6H5ClN2O3/c1-3(10)9-5(11)4(2-7)8-6(9)12/h2H,1H3,(H,8,12). The first-order chi connectivity index (χ1) is 5.57. The summed E-state index contributed by atoms with van der Waals surface area (Å²) in [4.78, 5) is 33.1. The summed E-state index contributed by atoms with van der Waals surface area (Å²) in [6.45, 7) is 1.12. The number of imide groups is 3. The molecule has 1 fully saturated rings. The second-order valence-corrected chi connectivity index (χ2v) is 2.33. The maximum absolute atomic E-state index is 11.1. The summed E-state index contributed by atoms with van der Waals surface area (Å²) in [5.41, 5.74) is 0.834. The van der Waals surface area contributed by atoms with Gasteiger partial charge in [0.25, 0.3) is 5.91 Å². The summed E-state index contributed by atoms with van der Waals surface area (Å²) < 4.78 is 0. The van der Waals surface area contributed by atoms with Crippen LogP contribution in [0.25, 0.3) is 0 Å². The average Bonchev–Trinajstić information content (AvgIpc) is 2.25. The fraction of sp³-hybridized carbons (Fsp3) is 0.167. The van der Waals surface area contributed by atoms with Crippen molar-refractivity contribution in [3.05, 3.63) is 11.2 Å². The highest BCUT2D eigenvalue weighted by Crippen LogP contribution is 2.09. The Morgan fingerprint density at radius 1 is 1.58 bits per heavy atom. The lowest BCUT2D eigenvalue weighted by Gasteiger charge is -2.03. The molecule has 1 heterocycles. The van der Waals surface area contributed by atoms with E-state index in [1.807, 2.05) is 0 Å². The van der Waals surface area contributed by atoms with Gasteiger partial charge in [-0.3, -0.25) is 9.59 Å². The van der Waals surface area contributed by atoms with Crippen molar-refractivity contribution in [3.8, 4) is 0 Å². The molecule has 0 unspecified atom stereocenters. The minimum absolute atomic E-state index is 0.0862. The molecule has 5 nitrogen and oxygen atoms in total. The molecule has 0 atom stereocenters. The number of halogens is 1. The van der Waals surface area contributed by atoms with Gasteiger partial charge in [0.05, 0.1) is 0 Å². The molecule has 1 rings (SSSR count). The molecule has 0 spiro atoms. The molecule has 1 aliphatic rings. The average molecular weight is 189 g/mol. The number of nitrogens with zero attached hydrogens (tertiary/aromatic N) is 1. The van der Waals surface area contributed by atoms with Crippen LogP contribution in [0, 0.1) is 0 Å². The van der Waals surface area contributed by atoms with Crippen molar-refractivity contribution in [2.24, 2.45) is 0 Å². The summed E-state index contributed by atoms with van der Waals surface area (Å²) in [5, 5.41) is 2.13. The van der Waals surface area contributed by atoms with Gasteiger partial charge in [0, 0.05) is 12.5 Å². The zero-order chi connectivity index (χ0) is 9.30. The van der Waals surface area contributed by atoms with Crippen LogP contribution in [0.2, 0.25) is 0 Å². The molecule has 0 aromatic heterocycles. The van der Waals surface area contributed by atoms with Gasteiger partial charge in [-0.2, -0.15) is 4.90 Å². The second kappa shape index (κ2) is 2.94. The fourth-order valence-corrected chi connectivity index (χ4v) is 0.945. The fourth-order valence-electron chi connectivity index (χ4n) is 0.797. The minimum atomic E-state index is -0.764. The van der Waals surface area contributed by atoms with Crippen LogP contribution < -0.4 is 5.32 Å². The van der Waals surface area contributed by atoms with E-state index in [4.69, 9.17) is 11.6 Å². The highest BCUT2D eigenvalue weighted by molar-refractivity contribution is 6.30. The molecule has 1 aliphatic heterocycles. The summed E-state index contributed by atoms with van der Waals surface area (Å²) in [6.07, 6.45) is 0. The van der Waals surface area contributed by atoms with Gasteiger partial charge in [0.1, 0.15) is 5.70 Å². The summed E-state index contributed by atoms with van der Waals surface area (Å²) in [5.74, 6) is -1.35. The Balaban J connectivity index is 3.00. The molecule has 1 saturated heterocycles. The zero-order valence-electron chi connectivity index (χ0n) is 6.13. The maximum atomic E-state index is 11.1. The van der Waals surface area contributed by atoms with E-state index in [9.17, 15) is 14.4 Å². The van der Waals surface area contributed by atoms with Crippen molar-refractivity contribution in [2.45, 2.75) is 6.92 Å². The van der Waals surface area contributed by atoms with E-state index in [-0.39, 0.29) is 5.70 Å². The molecule has 0 radical (unpaired) electrons. The number of rotatable bonds is 0. The third-order valence-corrected chi connectivity index (χ3v) is 1.52. The van der Waals surface area contributed by atoms with Gasteiger partial charge < -0.3 is 5.32 Å². The monoisotopic (exact) mass is 188 g/mol. The van der Waals surface area contributed by atoms with Crippen LogP contribution in [0.15, 0.2) is 11.2 Å². The molecule has 4 amide bonds. The van der Waals surface area contributed by atoms with Crippen LogP contribution in [0.4, 0.5) is 4.79 Å². The molecule has 12 heavy (non-hydrogen) atoms. The van der Waals surface area contributed by atoms with Gasteiger partial charge in [-0.25, -0.2) is 4.79 Å². The largest absolute Gasteiger partial charge is 0.335 e. The van der Waals surface area contributed by atoms with Crippen LogP contribution in [-0.2, 0) is 9.59 Å². The quantitative estimate of drug-likeness (QED) is 0.435. The van der Waals surface area contributed by atoms with Crippen molar-refractivity contribution in [1.82, 2.24) is 10.2 Å². The number of hydrogen-bond acceptors (Lipinski definition) is 3. The molecule has 1 N–H and O–H groups in total. The van der Waals surface area contributed by atoms with Crippen LogP contribution in [0.5, 0.6) is 0 Å². The SMILES string of the molecule is CC(=O)N1C(=O)NC(=CCl)C1=O. The Hall–Kier alpha value is -1.36. The molecular weight excluding hydrogens is 184 g/mol. The molecular formula is C6H5ClN2O3. The predicted octanol–water partition coefficient (Wildman–Crippen LogP) is 0.165. The van der Waals surface area contributed by atoms with Crippen molar-refractivity contribution >= 4 is 29.4 Å². The number of hydrogen-bond donors (Lipinski definition) is 1. The van der Waals surface area contributed by atoms with E-state index in [1.54, 1.807) is 0 Å². The van der Waals surface area contributed by atoms with Crippen LogP contribution >= 0.6 is 11.6 Å². The Morgan fingerprint density at radius 3 is 2.42 bits per heavy atom. The molecule has 0 aromatic rings. The van der Waals surface area contributed by atoms with Gasteiger partial charge >= 0.3 is 6.03 Å². The van der Waals surface area contributed by atoms with Crippen LogP contribution in [0.1, 0.15) is 6.92 Å². The number of urea groups is 1. The third-order valence-electron chi connectivity index (χ3n) is 1.30. The van der Waals surface area contributed by atoms with Gasteiger partial charge in [-0.1, -0.05) is 11.6 Å². The summed E-state index contributed by atoms with van der Waals surface area (Å²) in [6, 6.07) is -0.764. The first kappa shape index (κ1) is 8.73. The molecule has 0 saturated carbocycles. The highest BCUT2D eigenvalue weighted by Gasteiger charge is 2.36. The Labute approximate surface area is 73.0 Å². The Bertz CT molecular complexity index is 297. The second-order valence-electron chi connectivity index (χ2n) is 2.11. The predicted molar refractivity (Wildman–Crippen MR) is 40.0 cm³/mol. The van der Waals surface area contributed by atoms with Crippen molar-refractivity contribution < 1.29 is 14.4 Å². The first-order valence-corrected chi connectivity index (χ1v) is 3.48. The van der Waals surface area contributed by atoms with E-state index in [2.05, 4.69) is 5.32 Å². The van der Waals surface area contributed by atoms with E-state index >= 15 is 0 Å². The van der Waals surface area contributed by atoms with Crippen molar-refractivity contribution in [3.63, 3.8) is 0 Å². The Morgan fingerprint density at radius 2 is 2.17 bits per heavy atom. The van der Waals surface area contributed by atoms with Gasteiger partial charge in [-0.15, -0.1) is 0 Å². The lowest BCUT2D eigenvalue weighted by molar-refractivity contribution is -0.135. The Kier molecular flexibility index (Phi) is 2.14. The number of carbonyl (C=O) groups excluding carboxylic acids is 3. The smallest absolute Gasteiger partial charge is 0.301 e.